The van der Waals surface area contributed by atoms with Crippen LogP contribution >= 0.6 is 0 Å². The lowest BCUT2D eigenvalue weighted by Gasteiger charge is -2.16. The highest BCUT2D eigenvalue weighted by atomic mass is 16.5. The summed E-state index contributed by atoms with van der Waals surface area (Å²) in [6.07, 6.45) is 0. The third-order valence-electron chi connectivity index (χ3n) is 5.86. The molecule has 0 aliphatic carbocycles. The Hall–Kier alpha value is -4.46. The number of hydrogen-bond donors (Lipinski definition) is 0. The summed E-state index contributed by atoms with van der Waals surface area (Å²) in [6, 6.07) is 13.3. The first-order valence-corrected chi connectivity index (χ1v) is 10.5. The Morgan fingerprint density at radius 2 is 1.53 bits per heavy atom. The van der Waals surface area contributed by atoms with Crippen molar-refractivity contribution < 1.29 is 23.5 Å². The van der Waals surface area contributed by atoms with Crippen LogP contribution in [-0.2, 0) is 0 Å². The Morgan fingerprint density at radius 3 is 2.24 bits per heavy atom. The van der Waals surface area contributed by atoms with Gasteiger partial charge < -0.3 is 13.9 Å². The molecule has 3 aromatic carbocycles. The van der Waals surface area contributed by atoms with Crippen molar-refractivity contribution >= 4 is 28.4 Å². The highest BCUT2D eigenvalue weighted by Crippen LogP contribution is 2.34. The van der Waals surface area contributed by atoms with E-state index in [-0.39, 0.29) is 22.4 Å². The van der Waals surface area contributed by atoms with Crippen LogP contribution in [0.15, 0.2) is 57.7 Å². The second-order valence-corrected chi connectivity index (χ2v) is 8.03. The number of rotatable bonds is 4. The number of anilines is 1. The maximum atomic E-state index is 13.2. The van der Waals surface area contributed by atoms with Crippen LogP contribution in [0.5, 0.6) is 11.5 Å². The minimum Gasteiger partial charge on any atom is -0.493 e. The molecular formula is C26H20N2O6. The minimum absolute atomic E-state index is 0.0257. The molecular weight excluding hydrogens is 436 g/mol. The molecule has 1 aliphatic heterocycles. The zero-order chi connectivity index (χ0) is 24.1. The molecule has 1 aliphatic rings. The number of carbonyl (C=O) groups is 2. The van der Waals surface area contributed by atoms with Gasteiger partial charge in [0.05, 0.1) is 41.9 Å². The van der Waals surface area contributed by atoms with Crippen molar-refractivity contribution in [3.05, 3.63) is 81.2 Å². The van der Waals surface area contributed by atoms with E-state index in [2.05, 4.69) is 4.98 Å². The van der Waals surface area contributed by atoms with Crippen molar-refractivity contribution in [2.45, 2.75) is 13.8 Å². The zero-order valence-electron chi connectivity index (χ0n) is 19.0. The van der Waals surface area contributed by atoms with Crippen LogP contribution in [0, 0.1) is 13.8 Å². The molecule has 34 heavy (non-hydrogen) atoms. The molecule has 5 rings (SSSR count). The molecule has 0 bridgehead atoms. The normalized spacial score (nSPS) is 12.9. The summed E-state index contributed by atoms with van der Waals surface area (Å²) in [7, 11) is 2.96. The highest BCUT2D eigenvalue weighted by Gasteiger charge is 2.37. The van der Waals surface area contributed by atoms with Crippen molar-refractivity contribution in [1.82, 2.24) is 4.98 Å². The maximum absolute atomic E-state index is 13.2. The summed E-state index contributed by atoms with van der Waals surface area (Å²) in [4.78, 5) is 44.5. The largest absolute Gasteiger partial charge is 0.493 e. The van der Waals surface area contributed by atoms with E-state index < -0.39 is 17.4 Å². The van der Waals surface area contributed by atoms with E-state index in [0.29, 0.717) is 28.3 Å². The second-order valence-electron chi connectivity index (χ2n) is 8.03. The lowest BCUT2D eigenvalue weighted by molar-refractivity contribution is 0.0926. The fourth-order valence-corrected chi connectivity index (χ4v) is 4.17. The van der Waals surface area contributed by atoms with E-state index in [4.69, 9.17) is 13.9 Å². The number of amides is 2. The van der Waals surface area contributed by atoms with Gasteiger partial charge in [0.25, 0.3) is 11.8 Å². The fraction of sp³-hybridized carbons (Fsp3) is 0.154. The van der Waals surface area contributed by atoms with Gasteiger partial charge in [0.2, 0.25) is 5.89 Å². The third kappa shape index (κ3) is 3.23. The monoisotopic (exact) mass is 456 g/mol. The van der Waals surface area contributed by atoms with Crippen LogP contribution in [0.2, 0.25) is 0 Å². The molecule has 0 spiro atoms. The molecule has 8 heteroatoms. The number of aromatic nitrogens is 1. The Labute approximate surface area is 194 Å². The summed E-state index contributed by atoms with van der Waals surface area (Å²) in [5.74, 6) is -0.0211. The van der Waals surface area contributed by atoms with Crippen LogP contribution in [0.25, 0.3) is 22.4 Å². The molecule has 8 nitrogen and oxygen atoms in total. The van der Waals surface area contributed by atoms with Crippen molar-refractivity contribution in [3.8, 4) is 23.0 Å². The SMILES string of the molecule is COc1cc2nc(-c3ccc4c(c3)C(=O)N(c3ccc(C)cc3C)C4=O)oc(=O)c2cc1OC. The highest BCUT2D eigenvalue weighted by molar-refractivity contribution is 6.34. The predicted octanol–water partition coefficient (Wildman–Crippen LogP) is 4.29. The molecule has 4 aromatic rings. The Morgan fingerprint density at radius 1 is 0.824 bits per heavy atom. The Bertz CT molecular complexity index is 1570. The molecule has 2 amide bonds. The molecule has 1 aromatic heterocycles. The Kier molecular flexibility index (Phi) is 4.93. The van der Waals surface area contributed by atoms with Gasteiger partial charge >= 0.3 is 5.63 Å². The topological polar surface area (TPSA) is 98.9 Å². The molecule has 170 valence electrons. The number of benzene rings is 3. The van der Waals surface area contributed by atoms with Gasteiger partial charge in [-0.3, -0.25) is 9.59 Å². The summed E-state index contributed by atoms with van der Waals surface area (Å²) in [6.45, 7) is 3.80. The minimum atomic E-state index is -0.610. The van der Waals surface area contributed by atoms with Gasteiger partial charge in [-0.25, -0.2) is 14.7 Å². The zero-order valence-corrected chi connectivity index (χ0v) is 19.0. The smallest absolute Gasteiger partial charge is 0.347 e. The molecule has 0 atom stereocenters. The first kappa shape index (κ1) is 21.4. The van der Waals surface area contributed by atoms with Crippen molar-refractivity contribution in [2.75, 3.05) is 19.1 Å². The van der Waals surface area contributed by atoms with E-state index >= 15 is 0 Å². The molecule has 0 N–H and O–H groups in total. The van der Waals surface area contributed by atoms with Crippen LogP contribution < -0.4 is 20.0 Å². The molecule has 2 heterocycles. The predicted molar refractivity (Wildman–Crippen MR) is 126 cm³/mol. The van der Waals surface area contributed by atoms with Crippen molar-refractivity contribution in [2.24, 2.45) is 0 Å². The summed E-state index contributed by atoms with van der Waals surface area (Å²) < 4.78 is 16.0. The van der Waals surface area contributed by atoms with E-state index in [1.165, 1.54) is 31.3 Å². The number of nitrogens with zero attached hydrogens (tertiary/aromatic N) is 2. The number of imide groups is 1. The van der Waals surface area contributed by atoms with Gasteiger partial charge in [-0.1, -0.05) is 17.7 Å². The van der Waals surface area contributed by atoms with E-state index in [9.17, 15) is 14.4 Å². The van der Waals surface area contributed by atoms with Crippen molar-refractivity contribution in [3.63, 3.8) is 0 Å². The Balaban J connectivity index is 1.60. The average Bonchev–Trinajstić information content (AvgIpc) is 3.07. The standard InChI is InChI=1S/C26H20N2O6/c1-13-5-8-20(14(2)9-13)28-24(29)16-7-6-15(10-17(16)25(28)30)23-27-19-12-22(33-4)21(32-3)11-18(19)26(31)34-23/h5-12H,1-4H3. The number of hydrogen-bond acceptors (Lipinski definition) is 7. The fourth-order valence-electron chi connectivity index (χ4n) is 4.17. The quantitative estimate of drug-likeness (QED) is 0.423. The van der Waals surface area contributed by atoms with Crippen LogP contribution in [-0.4, -0.2) is 31.0 Å². The van der Waals surface area contributed by atoms with E-state index in [1.807, 2.05) is 26.0 Å². The van der Waals surface area contributed by atoms with Crippen LogP contribution in [0.4, 0.5) is 5.69 Å². The van der Waals surface area contributed by atoms with E-state index in [0.717, 1.165) is 11.1 Å². The number of methoxy groups -OCH3 is 2. The number of ether oxygens (including phenoxy) is 2. The second kappa shape index (κ2) is 7.84. The van der Waals surface area contributed by atoms with E-state index in [1.54, 1.807) is 24.3 Å². The molecule has 0 unspecified atom stereocenters. The first-order chi connectivity index (χ1) is 16.3. The van der Waals surface area contributed by atoms with Gasteiger partial charge in [0.15, 0.2) is 11.5 Å². The van der Waals surface area contributed by atoms with Gasteiger partial charge in [0, 0.05) is 17.7 Å². The van der Waals surface area contributed by atoms with Gasteiger partial charge in [-0.05, 0) is 43.7 Å². The molecule has 0 saturated heterocycles. The third-order valence-corrected chi connectivity index (χ3v) is 5.86. The average molecular weight is 456 g/mol. The molecule has 0 radical (unpaired) electrons. The summed E-state index contributed by atoms with van der Waals surface area (Å²) >= 11 is 0. The molecule has 0 fully saturated rings. The van der Waals surface area contributed by atoms with Crippen molar-refractivity contribution in [1.29, 1.82) is 0 Å². The lowest BCUT2D eigenvalue weighted by Crippen LogP contribution is -2.30. The first-order valence-electron chi connectivity index (χ1n) is 10.5. The number of aryl methyl sites for hydroxylation is 2. The maximum Gasteiger partial charge on any atom is 0.347 e. The number of fused-ring (bicyclic) bond motifs is 2. The van der Waals surface area contributed by atoms with Crippen LogP contribution in [0.3, 0.4) is 0 Å². The summed E-state index contributed by atoms with van der Waals surface area (Å²) in [5.41, 5.74) is 3.03. The van der Waals surface area contributed by atoms with Gasteiger partial charge in [-0.15, -0.1) is 0 Å². The molecule has 0 saturated carbocycles. The van der Waals surface area contributed by atoms with Crippen LogP contribution in [0.1, 0.15) is 31.8 Å². The number of carbonyl (C=O) groups excluding carboxylic acids is 2. The lowest BCUT2D eigenvalue weighted by atomic mass is 10.1. The van der Waals surface area contributed by atoms with Gasteiger partial charge in [-0.2, -0.15) is 0 Å². The van der Waals surface area contributed by atoms with Gasteiger partial charge in [0.1, 0.15) is 0 Å². The summed E-state index contributed by atoms with van der Waals surface area (Å²) in [5, 5.41) is 0.231.